The van der Waals surface area contributed by atoms with Crippen molar-refractivity contribution in [2.24, 2.45) is 0 Å². The molecule has 18 heavy (non-hydrogen) atoms. The summed E-state index contributed by atoms with van der Waals surface area (Å²) in [6.45, 7) is 0.647. The molecule has 1 saturated carbocycles. The molecule has 1 aliphatic carbocycles. The summed E-state index contributed by atoms with van der Waals surface area (Å²) in [6, 6.07) is 4.63. The van der Waals surface area contributed by atoms with E-state index in [0.29, 0.717) is 30.4 Å². The number of rotatable bonds is 6. The second kappa shape index (κ2) is 5.82. The van der Waals surface area contributed by atoms with Crippen molar-refractivity contribution in [3.8, 4) is 5.75 Å². The van der Waals surface area contributed by atoms with Crippen molar-refractivity contribution >= 4 is 11.6 Å². The van der Waals surface area contributed by atoms with Crippen LogP contribution in [-0.4, -0.2) is 25.6 Å². The van der Waals surface area contributed by atoms with Crippen LogP contribution in [-0.2, 0) is 4.79 Å². The maximum Gasteiger partial charge on any atom is 0.225 e. The molecule has 1 aliphatic rings. The summed E-state index contributed by atoms with van der Waals surface area (Å²) in [5, 5.41) is 5.90. The Morgan fingerprint density at radius 2 is 2.28 bits per heavy atom. The summed E-state index contributed by atoms with van der Waals surface area (Å²) >= 11 is 0. The van der Waals surface area contributed by atoms with Gasteiger partial charge < -0.3 is 15.4 Å². The fraction of sp³-hybridized carbons (Fsp3) is 0.462. The molecule has 0 atom stereocenters. The lowest BCUT2D eigenvalue weighted by Crippen LogP contribution is -2.23. The lowest BCUT2D eigenvalue weighted by atomic mass is 10.2. The molecule has 98 valence electrons. The normalized spacial score (nSPS) is 14.3. The first kappa shape index (κ1) is 12.8. The van der Waals surface area contributed by atoms with Gasteiger partial charge in [0.05, 0.1) is 12.8 Å². The number of ether oxygens (including phenoxy) is 1. The third-order valence-corrected chi connectivity index (χ3v) is 2.80. The van der Waals surface area contributed by atoms with Gasteiger partial charge in [-0.25, -0.2) is 4.39 Å². The number of carbonyl (C=O) groups excluding carboxylic acids is 1. The molecule has 0 spiro atoms. The quantitative estimate of drug-likeness (QED) is 0.813. The van der Waals surface area contributed by atoms with Crippen LogP contribution in [0.3, 0.4) is 0 Å². The van der Waals surface area contributed by atoms with Gasteiger partial charge in [0.1, 0.15) is 11.6 Å². The molecule has 2 N–H and O–H groups in total. The third-order valence-electron chi connectivity index (χ3n) is 2.80. The fourth-order valence-electron chi connectivity index (χ4n) is 1.67. The first-order chi connectivity index (χ1) is 8.69. The zero-order valence-corrected chi connectivity index (χ0v) is 10.3. The van der Waals surface area contributed by atoms with Gasteiger partial charge in [-0.15, -0.1) is 0 Å². The Kier molecular flexibility index (Phi) is 4.15. The minimum absolute atomic E-state index is 0.146. The minimum Gasteiger partial charge on any atom is -0.495 e. The Labute approximate surface area is 106 Å². The molecule has 0 aliphatic heterocycles. The zero-order chi connectivity index (χ0) is 13.0. The number of hydrogen-bond donors (Lipinski definition) is 2. The summed E-state index contributed by atoms with van der Waals surface area (Å²) in [5.41, 5.74) is 0.369. The van der Waals surface area contributed by atoms with Gasteiger partial charge >= 0.3 is 0 Å². The number of anilines is 1. The van der Waals surface area contributed by atoms with Crippen LogP contribution in [0.4, 0.5) is 10.1 Å². The molecule has 0 bridgehead atoms. The van der Waals surface area contributed by atoms with Crippen molar-refractivity contribution < 1.29 is 13.9 Å². The lowest BCUT2D eigenvalue weighted by molar-refractivity contribution is -0.116. The minimum atomic E-state index is -0.401. The standard InChI is InChI=1S/C13H17FN2O2/c1-18-12-5-2-9(14)8-11(12)16-13(17)6-7-15-10-3-4-10/h2,5,8,10,15H,3-4,6-7H2,1H3,(H,16,17). The van der Waals surface area contributed by atoms with Crippen molar-refractivity contribution in [3.05, 3.63) is 24.0 Å². The summed E-state index contributed by atoms with van der Waals surface area (Å²) in [5.74, 6) is -0.0887. The molecule has 0 aromatic heterocycles. The topological polar surface area (TPSA) is 50.4 Å². The van der Waals surface area contributed by atoms with Crippen LogP contribution in [0.5, 0.6) is 5.75 Å². The van der Waals surface area contributed by atoms with E-state index in [4.69, 9.17) is 4.74 Å². The van der Waals surface area contributed by atoms with E-state index in [1.165, 1.54) is 38.2 Å². The second-order valence-electron chi connectivity index (χ2n) is 4.37. The number of methoxy groups -OCH3 is 1. The molecule has 0 saturated heterocycles. The Bertz CT molecular complexity index is 433. The molecule has 1 aromatic rings. The summed E-state index contributed by atoms with van der Waals surface area (Å²) in [6.07, 6.45) is 2.76. The van der Waals surface area contributed by atoms with Gasteiger partial charge in [-0.1, -0.05) is 0 Å². The van der Waals surface area contributed by atoms with Gasteiger partial charge in [-0.3, -0.25) is 4.79 Å². The van der Waals surface area contributed by atoms with E-state index in [9.17, 15) is 9.18 Å². The van der Waals surface area contributed by atoms with Crippen LogP contribution in [0.2, 0.25) is 0 Å². The smallest absolute Gasteiger partial charge is 0.225 e. The Hall–Kier alpha value is -1.62. The zero-order valence-electron chi connectivity index (χ0n) is 10.3. The van der Waals surface area contributed by atoms with Crippen LogP contribution in [0.1, 0.15) is 19.3 Å². The Morgan fingerprint density at radius 1 is 1.50 bits per heavy atom. The van der Waals surface area contributed by atoms with Gasteiger partial charge in [0.2, 0.25) is 5.91 Å². The largest absolute Gasteiger partial charge is 0.495 e. The summed E-state index contributed by atoms with van der Waals surface area (Å²) in [7, 11) is 1.48. The van der Waals surface area contributed by atoms with Crippen molar-refractivity contribution in [2.45, 2.75) is 25.3 Å². The second-order valence-corrected chi connectivity index (χ2v) is 4.37. The van der Waals surface area contributed by atoms with Crippen molar-refractivity contribution in [2.75, 3.05) is 19.0 Å². The van der Waals surface area contributed by atoms with Gasteiger partial charge in [0, 0.05) is 25.1 Å². The molecule has 0 unspecified atom stereocenters. The van der Waals surface area contributed by atoms with Gasteiger partial charge in [-0.2, -0.15) is 0 Å². The molecule has 2 rings (SSSR count). The molecule has 0 radical (unpaired) electrons. The maximum atomic E-state index is 13.1. The first-order valence-corrected chi connectivity index (χ1v) is 6.06. The summed E-state index contributed by atoms with van der Waals surface area (Å²) in [4.78, 5) is 11.7. The van der Waals surface area contributed by atoms with E-state index in [2.05, 4.69) is 10.6 Å². The number of hydrogen-bond acceptors (Lipinski definition) is 3. The monoisotopic (exact) mass is 252 g/mol. The SMILES string of the molecule is COc1ccc(F)cc1NC(=O)CCNC1CC1. The molecule has 1 amide bonds. The van der Waals surface area contributed by atoms with Crippen LogP contribution >= 0.6 is 0 Å². The average molecular weight is 252 g/mol. The Balaban J connectivity index is 1.86. The van der Waals surface area contributed by atoms with E-state index in [1.807, 2.05) is 0 Å². The fourth-order valence-corrected chi connectivity index (χ4v) is 1.67. The van der Waals surface area contributed by atoms with E-state index in [-0.39, 0.29) is 5.91 Å². The first-order valence-electron chi connectivity index (χ1n) is 6.06. The van der Waals surface area contributed by atoms with Gasteiger partial charge in [0.25, 0.3) is 0 Å². The van der Waals surface area contributed by atoms with E-state index < -0.39 is 5.82 Å². The van der Waals surface area contributed by atoms with Crippen LogP contribution in [0.25, 0.3) is 0 Å². The molecule has 5 heteroatoms. The van der Waals surface area contributed by atoms with E-state index in [1.54, 1.807) is 0 Å². The lowest BCUT2D eigenvalue weighted by Gasteiger charge is -2.10. The number of nitrogens with one attached hydrogen (secondary N) is 2. The highest BCUT2D eigenvalue weighted by Crippen LogP contribution is 2.25. The highest BCUT2D eigenvalue weighted by Gasteiger charge is 2.20. The van der Waals surface area contributed by atoms with E-state index >= 15 is 0 Å². The maximum absolute atomic E-state index is 13.1. The van der Waals surface area contributed by atoms with E-state index in [0.717, 1.165) is 0 Å². The molecule has 1 aromatic carbocycles. The molecule has 1 fully saturated rings. The van der Waals surface area contributed by atoms with Crippen LogP contribution in [0.15, 0.2) is 18.2 Å². The third kappa shape index (κ3) is 3.70. The van der Waals surface area contributed by atoms with Gasteiger partial charge in [-0.05, 0) is 25.0 Å². The molecule has 0 heterocycles. The predicted molar refractivity (Wildman–Crippen MR) is 67.2 cm³/mol. The highest BCUT2D eigenvalue weighted by molar-refractivity contribution is 5.92. The molecular weight excluding hydrogens is 235 g/mol. The molecular formula is C13H17FN2O2. The Morgan fingerprint density at radius 3 is 2.94 bits per heavy atom. The van der Waals surface area contributed by atoms with Gasteiger partial charge in [0.15, 0.2) is 0 Å². The number of benzene rings is 1. The van der Waals surface area contributed by atoms with Crippen molar-refractivity contribution in [1.82, 2.24) is 5.32 Å². The summed E-state index contributed by atoms with van der Waals surface area (Å²) < 4.78 is 18.1. The number of halogens is 1. The highest BCUT2D eigenvalue weighted by atomic mass is 19.1. The average Bonchev–Trinajstić information content (AvgIpc) is 3.13. The number of amides is 1. The van der Waals surface area contributed by atoms with Crippen molar-refractivity contribution in [1.29, 1.82) is 0 Å². The van der Waals surface area contributed by atoms with Crippen LogP contribution < -0.4 is 15.4 Å². The van der Waals surface area contributed by atoms with Crippen LogP contribution in [0, 0.1) is 5.82 Å². The number of carbonyl (C=O) groups is 1. The van der Waals surface area contributed by atoms with Crippen molar-refractivity contribution in [3.63, 3.8) is 0 Å². The predicted octanol–water partition coefficient (Wildman–Crippen LogP) is 1.91. The molecule has 4 nitrogen and oxygen atoms in total.